The third-order valence-electron chi connectivity index (χ3n) is 7.88. The van der Waals surface area contributed by atoms with Crippen LogP contribution in [0.5, 0.6) is 5.75 Å². The first-order valence-corrected chi connectivity index (χ1v) is 11.2. The molecule has 4 aliphatic carbocycles. The second kappa shape index (κ2) is 7.40. The molecule has 162 valence electrons. The Hall–Kier alpha value is -2.82. The molecular weight excluding hydrogens is 388 g/mol. The van der Waals surface area contributed by atoms with E-state index in [2.05, 4.69) is 34.9 Å². The smallest absolute Gasteiger partial charge is 0.251 e. The molecule has 4 saturated carbocycles. The summed E-state index contributed by atoms with van der Waals surface area (Å²) < 4.78 is 5.35. The first-order chi connectivity index (χ1) is 14.9. The summed E-state index contributed by atoms with van der Waals surface area (Å²) in [6.07, 6.45) is 6.53. The average molecular weight is 419 g/mol. The van der Waals surface area contributed by atoms with Gasteiger partial charge in [0.05, 0.1) is 12.5 Å². The van der Waals surface area contributed by atoms with Crippen molar-refractivity contribution in [2.75, 3.05) is 19.5 Å². The molecule has 4 fully saturated rings. The minimum Gasteiger partial charge on any atom is -0.497 e. The number of benzene rings is 2. The molecule has 2 amide bonds. The Morgan fingerprint density at radius 1 is 0.935 bits per heavy atom. The van der Waals surface area contributed by atoms with Crippen LogP contribution in [0.2, 0.25) is 0 Å². The van der Waals surface area contributed by atoms with Gasteiger partial charge >= 0.3 is 0 Å². The molecule has 2 atom stereocenters. The number of carbonyl (C=O) groups is 2. The van der Waals surface area contributed by atoms with Crippen LogP contribution in [0.1, 0.15) is 54.4 Å². The molecule has 0 saturated heterocycles. The van der Waals surface area contributed by atoms with Gasteiger partial charge in [-0.25, -0.2) is 0 Å². The van der Waals surface area contributed by atoms with E-state index in [1.807, 2.05) is 12.1 Å². The average Bonchev–Trinajstić information content (AvgIpc) is 2.78. The number of hydrogen-bond acceptors (Lipinski definition) is 3. The van der Waals surface area contributed by atoms with Gasteiger partial charge in [-0.3, -0.25) is 9.59 Å². The lowest BCUT2D eigenvalue weighted by Crippen LogP contribution is -2.57. The quantitative estimate of drug-likeness (QED) is 0.750. The molecule has 4 aliphatic rings. The fraction of sp³-hybridized carbons (Fsp3) is 0.462. The van der Waals surface area contributed by atoms with Crippen LogP contribution in [0, 0.1) is 17.3 Å². The summed E-state index contributed by atoms with van der Waals surface area (Å²) in [5.41, 5.74) is 2.50. The third-order valence-corrected chi connectivity index (χ3v) is 7.88. The highest BCUT2D eigenvalue weighted by Gasteiger charge is 2.60. The zero-order valence-electron chi connectivity index (χ0n) is 18.2. The van der Waals surface area contributed by atoms with Crippen LogP contribution in [-0.2, 0) is 10.2 Å². The van der Waals surface area contributed by atoms with Crippen LogP contribution in [0.4, 0.5) is 5.69 Å². The molecule has 5 nitrogen and oxygen atoms in total. The Balaban J connectivity index is 1.40. The largest absolute Gasteiger partial charge is 0.497 e. The van der Waals surface area contributed by atoms with Gasteiger partial charge in [-0.2, -0.15) is 0 Å². The molecule has 0 heterocycles. The van der Waals surface area contributed by atoms with E-state index in [1.165, 1.54) is 24.8 Å². The molecule has 2 aromatic carbocycles. The summed E-state index contributed by atoms with van der Waals surface area (Å²) in [5, 5.41) is 5.80. The van der Waals surface area contributed by atoms with Crippen molar-refractivity contribution >= 4 is 17.5 Å². The molecule has 0 aromatic heterocycles. The van der Waals surface area contributed by atoms with Gasteiger partial charge < -0.3 is 15.4 Å². The fourth-order valence-corrected chi connectivity index (χ4v) is 6.92. The Bertz CT molecular complexity index is 982. The van der Waals surface area contributed by atoms with E-state index >= 15 is 0 Å². The Kier molecular flexibility index (Phi) is 4.80. The molecule has 2 N–H and O–H groups in total. The van der Waals surface area contributed by atoms with Crippen molar-refractivity contribution < 1.29 is 14.3 Å². The first-order valence-electron chi connectivity index (χ1n) is 11.2. The molecule has 0 aliphatic heterocycles. The third kappa shape index (κ3) is 3.40. The van der Waals surface area contributed by atoms with Crippen LogP contribution in [0.25, 0.3) is 0 Å². The standard InChI is InChI=1S/C26H30N2O3/c1-27-23(29)19-3-7-21(8-4-19)28-24(30)26-14-17-11-18(15-26)13-25(12-17,16-26)20-5-9-22(31-2)10-6-20/h3-10,17-18H,11-16H2,1-2H3,(H,27,29)(H,28,30). The lowest BCUT2D eigenvalue weighted by molar-refractivity contribution is -0.143. The maximum absolute atomic E-state index is 13.6. The van der Waals surface area contributed by atoms with Crippen molar-refractivity contribution in [2.24, 2.45) is 17.3 Å². The van der Waals surface area contributed by atoms with Gasteiger partial charge in [0, 0.05) is 18.3 Å². The Morgan fingerprint density at radius 2 is 1.58 bits per heavy atom. The van der Waals surface area contributed by atoms with Gasteiger partial charge in [0.25, 0.3) is 5.91 Å². The lowest BCUT2D eigenvalue weighted by atomic mass is 9.42. The number of anilines is 1. The summed E-state index contributed by atoms with van der Waals surface area (Å²) in [6, 6.07) is 15.7. The van der Waals surface area contributed by atoms with Crippen molar-refractivity contribution in [1.29, 1.82) is 0 Å². The first kappa shape index (κ1) is 20.1. The summed E-state index contributed by atoms with van der Waals surface area (Å²) in [4.78, 5) is 25.4. The van der Waals surface area contributed by atoms with Crippen molar-refractivity contribution in [3.8, 4) is 5.75 Å². The number of methoxy groups -OCH3 is 1. The van der Waals surface area contributed by atoms with Crippen molar-refractivity contribution in [1.82, 2.24) is 5.32 Å². The monoisotopic (exact) mass is 418 g/mol. The van der Waals surface area contributed by atoms with E-state index in [4.69, 9.17) is 4.74 Å². The Morgan fingerprint density at radius 3 is 2.16 bits per heavy atom. The van der Waals surface area contributed by atoms with E-state index in [-0.39, 0.29) is 22.6 Å². The lowest BCUT2D eigenvalue weighted by Gasteiger charge is -2.61. The summed E-state index contributed by atoms with van der Waals surface area (Å²) in [7, 11) is 3.31. The van der Waals surface area contributed by atoms with E-state index in [9.17, 15) is 9.59 Å². The van der Waals surface area contributed by atoms with E-state index in [1.54, 1.807) is 26.3 Å². The second-order valence-electron chi connectivity index (χ2n) is 9.86. The topological polar surface area (TPSA) is 67.4 Å². The molecule has 6 rings (SSSR count). The predicted molar refractivity (Wildman–Crippen MR) is 120 cm³/mol. The fourth-order valence-electron chi connectivity index (χ4n) is 6.92. The van der Waals surface area contributed by atoms with Gasteiger partial charge in [0.15, 0.2) is 0 Å². The zero-order chi connectivity index (χ0) is 21.6. The molecule has 2 unspecified atom stereocenters. The molecule has 31 heavy (non-hydrogen) atoms. The van der Waals surface area contributed by atoms with Gasteiger partial charge in [-0.05, 0) is 97.7 Å². The van der Waals surface area contributed by atoms with Crippen LogP contribution in [0.3, 0.4) is 0 Å². The zero-order valence-corrected chi connectivity index (χ0v) is 18.2. The number of hydrogen-bond donors (Lipinski definition) is 2. The normalized spacial score (nSPS) is 30.6. The highest BCUT2D eigenvalue weighted by atomic mass is 16.5. The molecule has 0 radical (unpaired) electrons. The van der Waals surface area contributed by atoms with Gasteiger partial charge in [0.1, 0.15) is 5.75 Å². The number of amides is 2. The second-order valence-corrected chi connectivity index (χ2v) is 9.86. The van der Waals surface area contributed by atoms with Gasteiger partial charge in [0.2, 0.25) is 5.91 Å². The van der Waals surface area contributed by atoms with Crippen LogP contribution < -0.4 is 15.4 Å². The number of nitrogens with one attached hydrogen (secondary N) is 2. The molecule has 0 spiro atoms. The summed E-state index contributed by atoms with van der Waals surface area (Å²) in [5.74, 6) is 2.13. The van der Waals surface area contributed by atoms with Gasteiger partial charge in [-0.1, -0.05) is 12.1 Å². The molecule has 4 bridgehead atoms. The number of rotatable bonds is 5. The molecule has 5 heteroatoms. The minimum atomic E-state index is -0.302. The maximum atomic E-state index is 13.6. The Labute approximate surface area is 183 Å². The molecule has 2 aromatic rings. The number of carbonyl (C=O) groups excluding carboxylic acids is 2. The van der Waals surface area contributed by atoms with E-state index in [0.29, 0.717) is 17.4 Å². The van der Waals surface area contributed by atoms with Crippen molar-refractivity contribution in [2.45, 2.75) is 43.9 Å². The van der Waals surface area contributed by atoms with Crippen molar-refractivity contribution in [3.05, 3.63) is 59.7 Å². The van der Waals surface area contributed by atoms with Crippen molar-refractivity contribution in [3.63, 3.8) is 0 Å². The van der Waals surface area contributed by atoms with Crippen LogP contribution >= 0.6 is 0 Å². The van der Waals surface area contributed by atoms with E-state index in [0.717, 1.165) is 30.7 Å². The summed E-state index contributed by atoms with van der Waals surface area (Å²) in [6.45, 7) is 0. The molecular formula is C26H30N2O3. The van der Waals surface area contributed by atoms with Gasteiger partial charge in [-0.15, -0.1) is 0 Å². The SMILES string of the molecule is CNC(=O)c1ccc(NC(=O)C23CC4CC(C2)CC(c2ccc(OC)cc2)(C4)C3)cc1. The highest BCUT2D eigenvalue weighted by molar-refractivity contribution is 5.97. The maximum Gasteiger partial charge on any atom is 0.251 e. The predicted octanol–water partition coefficient (Wildman–Crippen LogP) is 4.53. The summed E-state index contributed by atoms with van der Waals surface area (Å²) >= 11 is 0. The number of ether oxygens (including phenoxy) is 1. The van der Waals surface area contributed by atoms with Crippen LogP contribution in [-0.4, -0.2) is 26.0 Å². The minimum absolute atomic E-state index is 0.0940. The van der Waals surface area contributed by atoms with E-state index < -0.39 is 0 Å². The van der Waals surface area contributed by atoms with Crippen LogP contribution in [0.15, 0.2) is 48.5 Å². The highest BCUT2D eigenvalue weighted by Crippen LogP contribution is 2.66.